The second-order valence-corrected chi connectivity index (χ2v) is 5.69. The Morgan fingerprint density at radius 2 is 2.00 bits per heavy atom. The van der Waals surface area contributed by atoms with E-state index in [2.05, 4.69) is 21.0 Å². The van der Waals surface area contributed by atoms with Gasteiger partial charge in [-0.05, 0) is 37.6 Å². The van der Waals surface area contributed by atoms with Gasteiger partial charge in [-0.25, -0.2) is 0 Å². The summed E-state index contributed by atoms with van der Waals surface area (Å²) in [6.07, 6.45) is 0. The Balaban J connectivity index is 2.14. The highest BCUT2D eigenvalue weighted by Crippen LogP contribution is 2.13. The molecule has 5 heteroatoms. The van der Waals surface area contributed by atoms with E-state index < -0.39 is 0 Å². The second kappa shape index (κ2) is 6.22. The number of aromatic nitrogens is 2. The number of hydrogen-bond acceptors (Lipinski definition) is 2. The van der Waals surface area contributed by atoms with Crippen molar-refractivity contribution in [3.05, 3.63) is 51.8 Å². The first-order valence-corrected chi connectivity index (χ1v) is 7.35. The Kier molecular flexibility index (Phi) is 4.60. The van der Waals surface area contributed by atoms with Crippen LogP contribution in [-0.2, 0) is 13.1 Å². The molecule has 0 atom stereocenters. The first-order valence-electron chi connectivity index (χ1n) is 6.55. The Hall–Kier alpha value is -1.62. The molecular weight excluding hydrogens is 318 g/mol. The summed E-state index contributed by atoms with van der Waals surface area (Å²) in [6, 6.07) is 9.82. The highest BCUT2D eigenvalue weighted by molar-refractivity contribution is 9.10. The molecule has 2 aromatic rings. The number of benzene rings is 1. The molecule has 1 aromatic carbocycles. The van der Waals surface area contributed by atoms with Crippen LogP contribution in [0, 0.1) is 6.92 Å². The van der Waals surface area contributed by atoms with Crippen molar-refractivity contribution in [2.24, 2.45) is 0 Å². The van der Waals surface area contributed by atoms with E-state index in [1.807, 2.05) is 51.2 Å². The summed E-state index contributed by atoms with van der Waals surface area (Å²) in [5.41, 5.74) is 2.61. The number of carbonyl (C=O) groups is 1. The highest BCUT2D eigenvalue weighted by Gasteiger charge is 2.17. The largest absolute Gasteiger partial charge is 0.336 e. The zero-order valence-electron chi connectivity index (χ0n) is 11.9. The number of hydrogen-bond donors (Lipinski definition) is 0. The predicted octanol–water partition coefficient (Wildman–Crippen LogP) is 3.25. The lowest BCUT2D eigenvalue weighted by Crippen LogP contribution is -2.28. The monoisotopic (exact) mass is 335 g/mol. The molecule has 0 N–H and O–H groups in total. The van der Waals surface area contributed by atoms with Gasteiger partial charge in [0.05, 0.1) is 5.69 Å². The minimum absolute atomic E-state index is 0.00429. The maximum Gasteiger partial charge on any atom is 0.272 e. The summed E-state index contributed by atoms with van der Waals surface area (Å²) in [4.78, 5) is 14.2. The van der Waals surface area contributed by atoms with Gasteiger partial charge in [0.25, 0.3) is 5.91 Å². The van der Waals surface area contributed by atoms with E-state index in [0.29, 0.717) is 18.8 Å². The van der Waals surface area contributed by atoms with Crippen LogP contribution in [0.2, 0.25) is 0 Å². The molecule has 0 aliphatic heterocycles. The zero-order chi connectivity index (χ0) is 14.7. The quantitative estimate of drug-likeness (QED) is 0.860. The van der Waals surface area contributed by atoms with Gasteiger partial charge in [0.15, 0.2) is 0 Å². The molecule has 4 nitrogen and oxygen atoms in total. The molecule has 0 bridgehead atoms. The minimum Gasteiger partial charge on any atom is -0.336 e. The van der Waals surface area contributed by atoms with Crippen molar-refractivity contribution >= 4 is 21.8 Å². The molecule has 0 saturated heterocycles. The molecule has 106 valence electrons. The fraction of sp³-hybridized carbons (Fsp3) is 0.333. The first-order chi connectivity index (χ1) is 9.51. The van der Waals surface area contributed by atoms with Gasteiger partial charge < -0.3 is 4.90 Å². The van der Waals surface area contributed by atoms with Crippen molar-refractivity contribution in [2.45, 2.75) is 26.9 Å². The van der Waals surface area contributed by atoms with Gasteiger partial charge in [0.1, 0.15) is 5.69 Å². The van der Waals surface area contributed by atoms with Crippen LogP contribution in [0.4, 0.5) is 0 Å². The number of aryl methyl sites for hydroxylation is 2. The van der Waals surface area contributed by atoms with E-state index in [9.17, 15) is 4.79 Å². The average Bonchev–Trinajstić information content (AvgIpc) is 2.81. The molecule has 20 heavy (non-hydrogen) atoms. The Morgan fingerprint density at radius 3 is 2.60 bits per heavy atom. The third kappa shape index (κ3) is 3.28. The Bertz CT molecular complexity index is 604. The molecule has 0 fully saturated rings. The number of nitrogens with zero attached hydrogens (tertiary/aromatic N) is 3. The Morgan fingerprint density at radius 1 is 1.35 bits per heavy atom. The summed E-state index contributed by atoms with van der Waals surface area (Å²) in [7, 11) is 1.81. The van der Waals surface area contributed by atoms with Crippen molar-refractivity contribution in [3.8, 4) is 0 Å². The number of rotatable bonds is 4. The van der Waals surface area contributed by atoms with E-state index >= 15 is 0 Å². The molecule has 0 saturated carbocycles. The summed E-state index contributed by atoms with van der Waals surface area (Å²) in [6.45, 7) is 5.16. The molecule has 0 spiro atoms. The minimum atomic E-state index is -0.00429. The van der Waals surface area contributed by atoms with Crippen LogP contribution in [0.5, 0.6) is 0 Å². The smallest absolute Gasteiger partial charge is 0.272 e. The maximum atomic E-state index is 12.5. The van der Waals surface area contributed by atoms with Gasteiger partial charge in [-0.3, -0.25) is 9.48 Å². The van der Waals surface area contributed by atoms with Gasteiger partial charge in [-0.2, -0.15) is 5.10 Å². The molecular formula is C15H18BrN3O. The fourth-order valence-corrected chi connectivity index (χ4v) is 2.35. The fourth-order valence-electron chi connectivity index (χ4n) is 2.09. The van der Waals surface area contributed by atoms with Crippen molar-refractivity contribution in [1.29, 1.82) is 0 Å². The van der Waals surface area contributed by atoms with Crippen molar-refractivity contribution in [2.75, 3.05) is 7.05 Å². The molecule has 0 aliphatic rings. The van der Waals surface area contributed by atoms with Crippen LogP contribution in [0.1, 0.15) is 28.7 Å². The van der Waals surface area contributed by atoms with E-state index in [-0.39, 0.29) is 5.91 Å². The summed E-state index contributed by atoms with van der Waals surface area (Å²) >= 11 is 3.41. The van der Waals surface area contributed by atoms with Crippen molar-refractivity contribution in [3.63, 3.8) is 0 Å². The lowest BCUT2D eigenvalue weighted by molar-refractivity contribution is 0.0773. The van der Waals surface area contributed by atoms with Gasteiger partial charge in [0, 0.05) is 24.6 Å². The van der Waals surface area contributed by atoms with Crippen LogP contribution in [0.15, 0.2) is 34.8 Å². The summed E-state index contributed by atoms with van der Waals surface area (Å²) in [5.74, 6) is -0.00429. The van der Waals surface area contributed by atoms with Crippen molar-refractivity contribution in [1.82, 2.24) is 14.7 Å². The van der Waals surface area contributed by atoms with Gasteiger partial charge in [-0.15, -0.1) is 0 Å². The summed E-state index contributed by atoms with van der Waals surface area (Å²) in [5, 5.41) is 4.31. The molecule has 0 radical (unpaired) electrons. The lowest BCUT2D eigenvalue weighted by atomic mass is 10.2. The second-order valence-electron chi connectivity index (χ2n) is 4.77. The highest BCUT2D eigenvalue weighted by atomic mass is 79.9. The SMILES string of the molecule is CCn1nc(C)cc1C(=O)N(C)Cc1ccc(Br)cc1. The van der Waals surface area contributed by atoms with E-state index in [1.54, 1.807) is 9.58 Å². The average molecular weight is 336 g/mol. The third-order valence-corrected chi connectivity index (χ3v) is 3.63. The molecule has 0 aliphatic carbocycles. The molecule has 0 unspecified atom stereocenters. The van der Waals surface area contributed by atoms with Crippen LogP contribution >= 0.6 is 15.9 Å². The topological polar surface area (TPSA) is 38.1 Å². The van der Waals surface area contributed by atoms with Crippen LogP contribution in [0.3, 0.4) is 0 Å². The molecule has 2 rings (SSSR count). The molecule has 1 amide bonds. The first kappa shape index (κ1) is 14.8. The number of amides is 1. The third-order valence-electron chi connectivity index (χ3n) is 3.10. The Labute approximate surface area is 127 Å². The summed E-state index contributed by atoms with van der Waals surface area (Å²) < 4.78 is 2.78. The zero-order valence-corrected chi connectivity index (χ0v) is 13.5. The van der Waals surface area contributed by atoms with E-state index in [1.165, 1.54) is 0 Å². The molecule has 1 heterocycles. The lowest BCUT2D eigenvalue weighted by Gasteiger charge is -2.17. The van der Waals surface area contributed by atoms with Gasteiger partial charge in [0.2, 0.25) is 0 Å². The van der Waals surface area contributed by atoms with Crippen LogP contribution < -0.4 is 0 Å². The van der Waals surface area contributed by atoms with Crippen LogP contribution in [-0.4, -0.2) is 27.6 Å². The normalized spacial score (nSPS) is 10.6. The van der Waals surface area contributed by atoms with Gasteiger partial charge in [-0.1, -0.05) is 28.1 Å². The molecule has 1 aromatic heterocycles. The number of halogens is 1. The van der Waals surface area contributed by atoms with Crippen LogP contribution in [0.25, 0.3) is 0 Å². The van der Waals surface area contributed by atoms with Crippen molar-refractivity contribution < 1.29 is 4.79 Å². The van der Waals surface area contributed by atoms with E-state index in [0.717, 1.165) is 15.7 Å². The number of carbonyl (C=O) groups excluding carboxylic acids is 1. The predicted molar refractivity (Wildman–Crippen MR) is 82.6 cm³/mol. The van der Waals surface area contributed by atoms with Gasteiger partial charge >= 0.3 is 0 Å². The standard InChI is InChI=1S/C15H18BrN3O/c1-4-19-14(9-11(2)17-19)15(20)18(3)10-12-5-7-13(16)8-6-12/h5-9H,4,10H2,1-3H3. The maximum absolute atomic E-state index is 12.5. The van der Waals surface area contributed by atoms with E-state index in [4.69, 9.17) is 0 Å².